The second-order valence-electron chi connectivity index (χ2n) is 7.12. The van der Waals surface area contributed by atoms with E-state index in [1.54, 1.807) is 44.3 Å². The van der Waals surface area contributed by atoms with E-state index in [0.29, 0.717) is 35.8 Å². The number of carbonyl (C=O) groups is 2. The van der Waals surface area contributed by atoms with Crippen molar-refractivity contribution < 1.29 is 37.3 Å². The fraction of sp³-hybridized carbons (Fsp3) is 0.391. The van der Waals surface area contributed by atoms with Gasteiger partial charge in [-0.25, -0.2) is 0 Å². The first-order chi connectivity index (χ1) is 15.4. The molecule has 0 aromatic heterocycles. The van der Waals surface area contributed by atoms with Gasteiger partial charge in [0.1, 0.15) is 13.2 Å². The number of halogens is 2. The van der Waals surface area contributed by atoms with Crippen molar-refractivity contribution in [3.63, 3.8) is 0 Å². The van der Waals surface area contributed by atoms with Crippen molar-refractivity contribution >= 4 is 11.7 Å². The molecular weight excluding hydrogens is 424 g/mol. The maximum absolute atomic E-state index is 12.5. The van der Waals surface area contributed by atoms with E-state index in [2.05, 4.69) is 4.74 Å². The van der Waals surface area contributed by atoms with Crippen LogP contribution in [0.5, 0.6) is 23.0 Å². The lowest BCUT2D eigenvalue weighted by atomic mass is 10.1. The summed E-state index contributed by atoms with van der Waals surface area (Å²) in [5.41, 5.74) is 1.14. The summed E-state index contributed by atoms with van der Waals surface area (Å²) in [5.74, 6) is 0.845. The molecule has 1 aliphatic heterocycles. The second kappa shape index (κ2) is 10.8. The lowest BCUT2D eigenvalue weighted by Crippen LogP contribution is -2.26. The average molecular weight is 449 g/mol. The number of nitrogens with zero attached hydrogens (tertiary/aromatic N) is 1. The van der Waals surface area contributed by atoms with Crippen molar-refractivity contribution in [3.8, 4) is 23.0 Å². The molecule has 32 heavy (non-hydrogen) atoms. The standard InChI is InChI=1S/C23H25F2NO6/c1-3-29-20-12-15(4-7-19(20)32-23(24)25)14-26(2)22(28)9-6-17(27)16-5-8-18-21(13-16)31-11-10-30-18/h4-5,7-8,12-13,23H,3,6,9-11,14H2,1-2H3. The number of rotatable bonds is 10. The predicted octanol–water partition coefficient (Wildman–Crippen LogP) is 4.08. The summed E-state index contributed by atoms with van der Waals surface area (Å²) in [6, 6.07) is 9.50. The molecule has 7 nitrogen and oxygen atoms in total. The highest BCUT2D eigenvalue weighted by atomic mass is 19.3. The van der Waals surface area contributed by atoms with Crippen LogP contribution in [0.3, 0.4) is 0 Å². The van der Waals surface area contributed by atoms with Gasteiger partial charge in [0.2, 0.25) is 5.91 Å². The third-order valence-electron chi connectivity index (χ3n) is 4.80. The maximum Gasteiger partial charge on any atom is 0.387 e. The van der Waals surface area contributed by atoms with Crippen LogP contribution >= 0.6 is 0 Å². The first-order valence-corrected chi connectivity index (χ1v) is 10.2. The largest absolute Gasteiger partial charge is 0.490 e. The summed E-state index contributed by atoms with van der Waals surface area (Å²) >= 11 is 0. The molecule has 0 N–H and O–H groups in total. The minimum Gasteiger partial charge on any atom is -0.490 e. The van der Waals surface area contributed by atoms with Crippen molar-refractivity contribution in [3.05, 3.63) is 47.5 Å². The van der Waals surface area contributed by atoms with Crippen LogP contribution in [-0.2, 0) is 11.3 Å². The van der Waals surface area contributed by atoms with Crippen molar-refractivity contribution in [2.45, 2.75) is 32.9 Å². The number of carbonyl (C=O) groups excluding carboxylic acids is 2. The van der Waals surface area contributed by atoms with Gasteiger partial charge in [-0.3, -0.25) is 9.59 Å². The molecule has 3 rings (SSSR count). The molecular formula is C23H25F2NO6. The molecule has 0 atom stereocenters. The minimum absolute atomic E-state index is 0.0364. The van der Waals surface area contributed by atoms with E-state index in [1.165, 1.54) is 11.0 Å². The van der Waals surface area contributed by atoms with Crippen LogP contribution in [0.15, 0.2) is 36.4 Å². The molecule has 0 fully saturated rings. The zero-order valence-electron chi connectivity index (χ0n) is 17.9. The smallest absolute Gasteiger partial charge is 0.387 e. The monoisotopic (exact) mass is 449 g/mol. The molecule has 0 saturated heterocycles. The molecule has 1 amide bonds. The lowest BCUT2D eigenvalue weighted by Gasteiger charge is -2.19. The molecule has 0 unspecified atom stereocenters. The molecule has 0 radical (unpaired) electrons. The topological polar surface area (TPSA) is 74.3 Å². The van der Waals surface area contributed by atoms with Crippen LogP contribution in [0.25, 0.3) is 0 Å². The van der Waals surface area contributed by atoms with Gasteiger partial charge in [0.15, 0.2) is 28.8 Å². The van der Waals surface area contributed by atoms with Gasteiger partial charge in [0.25, 0.3) is 0 Å². The molecule has 1 heterocycles. The Morgan fingerprint density at radius 1 is 1.03 bits per heavy atom. The van der Waals surface area contributed by atoms with Gasteiger partial charge in [-0.15, -0.1) is 0 Å². The number of alkyl halides is 2. The Balaban J connectivity index is 1.56. The summed E-state index contributed by atoms with van der Waals surface area (Å²) in [7, 11) is 1.61. The van der Waals surface area contributed by atoms with Crippen LogP contribution in [0.4, 0.5) is 8.78 Å². The van der Waals surface area contributed by atoms with Gasteiger partial charge in [-0.05, 0) is 42.8 Å². The Hall–Kier alpha value is -3.36. The summed E-state index contributed by atoms with van der Waals surface area (Å²) in [4.78, 5) is 26.5. The van der Waals surface area contributed by atoms with E-state index < -0.39 is 6.61 Å². The van der Waals surface area contributed by atoms with Crippen LogP contribution in [0.2, 0.25) is 0 Å². The Morgan fingerprint density at radius 2 is 1.78 bits per heavy atom. The van der Waals surface area contributed by atoms with Crippen LogP contribution < -0.4 is 18.9 Å². The number of amides is 1. The fourth-order valence-electron chi connectivity index (χ4n) is 3.25. The van der Waals surface area contributed by atoms with Crippen LogP contribution in [0, 0.1) is 0 Å². The normalized spacial score (nSPS) is 12.4. The van der Waals surface area contributed by atoms with E-state index in [1.807, 2.05) is 0 Å². The highest BCUT2D eigenvalue weighted by Crippen LogP contribution is 2.32. The molecule has 9 heteroatoms. The molecule has 172 valence electrons. The van der Waals surface area contributed by atoms with E-state index in [4.69, 9.17) is 14.2 Å². The van der Waals surface area contributed by atoms with Crippen molar-refractivity contribution in [2.75, 3.05) is 26.9 Å². The SMILES string of the molecule is CCOc1cc(CN(C)C(=O)CCC(=O)c2ccc3c(c2)OCCO3)ccc1OC(F)F. The van der Waals surface area contributed by atoms with E-state index in [-0.39, 0.29) is 49.2 Å². The van der Waals surface area contributed by atoms with E-state index in [9.17, 15) is 18.4 Å². The van der Waals surface area contributed by atoms with Crippen molar-refractivity contribution in [1.29, 1.82) is 0 Å². The quantitative estimate of drug-likeness (QED) is 0.509. The number of ketones is 1. The lowest BCUT2D eigenvalue weighted by molar-refractivity contribution is -0.130. The van der Waals surface area contributed by atoms with Crippen molar-refractivity contribution in [1.82, 2.24) is 4.90 Å². The fourth-order valence-corrected chi connectivity index (χ4v) is 3.25. The van der Waals surface area contributed by atoms with Crippen molar-refractivity contribution in [2.24, 2.45) is 0 Å². The zero-order chi connectivity index (χ0) is 23.1. The van der Waals surface area contributed by atoms with Gasteiger partial charge in [0.05, 0.1) is 6.61 Å². The number of Topliss-reactive ketones (excluding diaryl/α,β-unsaturated/α-hetero) is 1. The number of fused-ring (bicyclic) bond motifs is 1. The third-order valence-corrected chi connectivity index (χ3v) is 4.80. The van der Waals surface area contributed by atoms with Gasteiger partial charge in [0, 0.05) is 32.0 Å². The summed E-state index contributed by atoms with van der Waals surface area (Å²) in [6.07, 6.45) is 0.0862. The van der Waals surface area contributed by atoms with Gasteiger partial charge in [-0.2, -0.15) is 8.78 Å². The van der Waals surface area contributed by atoms with Crippen LogP contribution in [-0.4, -0.2) is 50.1 Å². The number of benzene rings is 2. The molecule has 0 bridgehead atoms. The first-order valence-electron chi connectivity index (χ1n) is 10.2. The molecule has 2 aromatic rings. The second-order valence-corrected chi connectivity index (χ2v) is 7.12. The Bertz CT molecular complexity index is 965. The maximum atomic E-state index is 12.5. The average Bonchev–Trinajstić information content (AvgIpc) is 2.78. The van der Waals surface area contributed by atoms with E-state index >= 15 is 0 Å². The summed E-state index contributed by atoms with van der Waals surface area (Å²) in [6.45, 7) is 0.165. The highest BCUT2D eigenvalue weighted by molar-refractivity contribution is 5.98. The molecule has 2 aromatic carbocycles. The molecule has 0 spiro atoms. The Morgan fingerprint density at radius 3 is 2.50 bits per heavy atom. The number of hydrogen-bond donors (Lipinski definition) is 0. The van der Waals surface area contributed by atoms with Gasteiger partial charge in [-0.1, -0.05) is 6.07 Å². The Kier molecular flexibility index (Phi) is 7.86. The summed E-state index contributed by atoms with van der Waals surface area (Å²) in [5, 5.41) is 0. The minimum atomic E-state index is -2.96. The molecule has 0 saturated carbocycles. The highest BCUT2D eigenvalue weighted by Gasteiger charge is 2.18. The predicted molar refractivity (Wildman–Crippen MR) is 112 cm³/mol. The third kappa shape index (κ3) is 6.09. The Labute approximate surface area is 184 Å². The first kappa shape index (κ1) is 23.3. The zero-order valence-corrected chi connectivity index (χ0v) is 17.9. The molecule has 0 aliphatic carbocycles. The van der Waals surface area contributed by atoms with Gasteiger partial charge >= 0.3 is 6.61 Å². The number of hydrogen-bond acceptors (Lipinski definition) is 6. The van der Waals surface area contributed by atoms with E-state index in [0.717, 1.165) is 0 Å². The van der Waals surface area contributed by atoms with Gasteiger partial charge < -0.3 is 23.8 Å². The summed E-state index contributed by atoms with van der Waals surface area (Å²) < 4.78 is 45.8. The van der Waals surface area contributed by atoms with Crippen LogP contribution in [0.1, 0.15) is 35.7 Å². The molecule has 1 aliphatic rings. The number of ether oxygens (including phenoxy) is 4.